The Bertz CT molecular complexity index is 440. The SMILES string of the molecule is CCCOS(=O)NC1C2CCC(C2)C1/C=C/CCCC(=O)OC. The molecule has 0 aliphatic heterocycles. The minimum absolute atomic E-state index is 0.152. The van der Waals surface area contributed by atoms with Gasteiger partial charge in [-0.1, -0.05) is 19.1 Å². The minimum atomic E-state index is -1.39. The lowest BCUT2D eigenvalue weighted by Crippen LogP contribution is -2.41. The third kappa shape index (κ3) is 5.40. The number of carbonyl (C=O) groups excluding carboxylic acids is 1. The van der Waals surface area contributed by atoms with E-state index in [1.54, 1.807) is 0 Å². The third-order valence-corrected chi connectivity index (χ3v) is 5.79. The molecule has 2 saturated carbocycles. The Morgan fingerprint density at radius 1 is 1.35 bits per heavy atom. The summed E-state index contributed by atoms with van der Waals surface area (Å²) in [6.07, 6.45) is 11.2. The van der Waals surface area contributed by atoms with Gasteiger partial charge in [-0.05, 0) is 56.3 Å². The molecule has 2 rings (SSSR count). The van der Waals surface area contributed by atoms with Crippen molar-refractivity contribution in [2.24, 2.45) is 17.8 Å². The van der Waals surface area contributed by atoms with Crippen LogP contribution in [0.2, 0.25) is 0 Å². The Kier molecular flexibility index (Phi) is 7.73. The van der Waals surface area contributed by atoms with Crippen LogP contribution < -0.4 is 4.72 Å². The monoisotopic (exact) mass is 343 g/mol. The van der Waals surface area contributed by atoms with E-state index in [0.717, 1.165) is 19.3 Å². The van der Waals surface area contributed by atoms with E-state index in [4.69, 9.17) is 4.18 Å². The van der Waals surface area contributed by atoms with Crippen molar-refractivity contribution in [3.63, 3.8) is 0 Å². The van der Waals surface area contributed by atoms with Crippen molar-refractivity contribution in [2.45, 2.75) is 57.9 Å². The first-order valence-electron chi connectivity index (χ1n) is 8.70. The Morgan fingerprint density at radius 3 is 2.87 bits per heavy atom. The molecule has 0 spiro atoms. The second kappa shape index (κ2) is 9.55. The lowest BCUT2D eigenvalue weighted by Gasteiger charge is -2.29. The van der Waals surface area contributed by atoms with Crippen LogP contribution in [-0.2, 0) is 25.0 Å². The summed E-state index contributed by atoms with van der Waals surface area (Å²) < 4.78 is 25.1. The number of allylic oxidation sites excluding steroid dienone is 1. The minimum Gasteiger partial charge on any atom is -0.469 e. The zero-order chi connectivity index (χ0) is 16.7. The highest BCUT2D eigenvalue weighted by Crippen LogP contribution is 2.49. The number of rotatable bonds is 10. The van der Waals surface area contributed by atoms with E-state index in [2.05, 4.69) is 21.6 Å². The molecule has 1 N–H and O–H groups in total. The lowest BCUT2D eigenvalue weighted by atomic mass is 9.84. The van der Waals surface area contributed by atoms with E-state index in [-0.39, 0.29) is 12.0 Å². The molecule has 0 aromatic heterocycles. The van der Waals surface area contributed by atoms with Crippen molar-refractivity contribution in [2.75, 3.05) is 13.7 Å². The lowest BCUT2D eigenvalue weighted by molar-refractivity contribution is -0.140. The first-order chi connectivity index (χ1) is 11.2. The molecule has 2 bridgehead atoms. The number of unbranched alkanes of at least 4 members (excludes halogenated alkanes) is 1. The summed E-state index contributed by atoms with van der Waals surface area (Å²) >= 11 is -1.39. The van der Waals surface area contributed by atoms with Gasteiger partial charge in [-0.25, -0.2) is 8.93 Å². The Labute approximate surface area is 142 Å². The van der Waals surface area contributed by atoms with Gasteiger partial charge in [-0.3, -0.25) is 8.98 Å². The summed E-state index contributed by atoms with van der Waals surface area (Å²) in [6.45, 7) is 2.53. The first-order valence-corrected chi connectivity index (χ1v) is 9.77. The van der Waals surface area contributed by atoms with Crippen LogP contribution in [0.5, 0.6) is 0 Å². The highest BCUT2D eigenvalue weighted by molar-refractivity contribution is 7.78. The Morgan fingerprint density at radius 2 is 2.13 bits per heavy atom. The van der Waals surface area contributed by atoms with E-state index in [0.29, 0.717) is 30.8 Å². The fourth-order valence-electron chi connectivity index (χ4n) is 3.81. The zero-order valence-electron chi connectivity index (χ0n) is 14.2. The van der Waals surface area contributed by atoms with Crippen LogP contribution in [0.15, 0.2) is 12.2 Å². The molecule has 6 heteroatoms. The molecule has 0 heterocycles. The number of methoxy groups -OCH3 is 1. The van der Waals surface area contributed by atoms with Crippen LogP contribution in [0.1, 0.15) is 51.9 Å². The van der Waals surface area contributed by atoms with E-state index in [1.807, 2.05) is 6.92 Å². The van der Waals surface area contributed by atoms with Gasteiger partial charge >= 0.3 is 5.97 Å². The van der Waals surface area contributed by atoms with E-state index in [1.165, 1.54) is 26.4 Å². The molecule has 0 aromatic carbocycles. The zero-order valence-corrected chi connectivity index (χ0v) is 15.0. The maximum Gasteiger partial charge on any atom is 0.305 e. The van der Waals surface area contributed by atoms with E-state index >= 15 is 0 Å². The molecule has 0 aromatic rings. The summed E-state index contributed by atoms with van der Waals surface area (Å²) in [5.74, 6) is 1.58. The maximum absolute atomic E-state index is 12.0. The number of hydrogen-bond acceptors (Lipinski definition) is 4. The van der Waals surface area contributed by atoms with Gasteiger partial charge in [-0.2, -0.15) is 0 Å². The summed E-state index contributed by atoms with van der Waals surface area (Å²) in [5, 5.41) is 0. The average Bonchev–Trinajstić information content (AvgIpc) is 3.14. The number of carbonyl (C=O) groups is 1. The van der Waals surface area contributed by atoms with E-state index < -0.39 is 11.3 Å². The molecule has 0 amide bonds. The average molecular weight is 343 g/mol. The molecule has 2 fully saturated rings. The number of hydrogen-bond donors (Lipinski definition) is 1. The van der Waals surface area contributed by atoms with Crippen LogP contribution in [-0.4, -0.2) is 29.9 Å². The van der Waals surface area contributed by atoms with Crippen LogP contribution in [0.4, 0.5) is 0 Å². The standard InChI is InChI=1S/C17H29NO4S/c1-3-11-22-23(20)18-17-14-10-9-13(12-14)15(17)7-5-4-6-8-16(19)21-2/h5,7,13-15,17-18H,3-4,6,8-12H2,1-2H3/b7-5+. The summed E-state index contributed by atoms with van der Waals surface area (Å²) in [7, 11) is 1.42. The van der Waals surface area contributed by atoms with Crippen LogP contribution in [0.3, 0.4) is 0 Å². The molecular weight excluding hydrogens is 314 g/mol. The fraction of sp³-hybridized carbons (Fsp3) is 0.824. The van der Waals surface area contributed by atoms with Crippen molar-refractivity contribution < 1.29 is 17.9 Å². The molecule has 2 aliphatic rings. The topological polar surface area (TPSA) is 64.6 Å². The highest BCUT2D eigenvalue weighted by atomic mass is 32.2. The molecule has 0 saturated heterocycles. The Hall–Kier alpha value is -0.720. The fourth-order valence-corrected chi connectivity index (χ4v) is 4.77. The largest absolute Gasteiger partial charge is 0.469 e. The van der Waals surface area contributed by atoms with Gasteiger partial charge in [0.25, 0.3) is 0 Å². The molecule has 132 valence electrons. The van der Waals surface area contributed by atoms with Gasteiger partial charge in [0.2, 0.25) is 11.3 Å². The Balaban J connectivity index is 1.80. The predicted molar refractivity (Wildman–Crippen MR) is 90.6 cm³/mol. The van der Waals surface area contributed by atoms with Gasteiger partial charge in [0.15, 0.2) is 0 Å². The normalized spacial score (nSPS) is 30.9. The molecule has 23 heavy (non-hydrogen) atoms. The summed E-state index contributed by atoms with van der Waals surface area (Å²) in [5.41, 5.74) is 0. The van der Waals surface area contributed by atoms with Crippen LogP contribution in [0, 0.1) is 17.8 Å². The molecule has 2 aliphatic carbocycles. The quantitative estimate of drug-likeness (QED) is 0.376. The first kappa shape index (κ1) is 18.6. The van der Waals surface area contributed by atoms with E-state index in [9.17, 15) is 9.00 Å². The number of esters is 1. The maximum atomic E-state index is 12.0. The summed E-state index contributed by atoms with van der Waals surface area (Å²) in [6, 6.07) is 0.253. The number of fused-ring (bicyclic) bond motifs is 2. The second-order valence-corrected chi connectivity index (χ2v) is 7.45. The van der Waals surface area contributed by atoms with Crippen molar-refractivity contribution in [3.8, 4) is 0 Å². The third-order valence-electron chi connectivity index (χ3n) is 4.95. The smallest absolute Gasteiger partial charge is 0.305 e. The van der Waals surface area contributed by atoms with Gasteiger partial charge in [0.05, 0.1) is 13.7 Å². The van der Waals surface area contributed by atoms with Crippen molar-refractivity contribution >= 4 is 17.2 Å². The molecular formula is C17H29NO4S. The van der Waals surface area contributed by atoms with Crippen LogP contribution >= 0.6 is 0 Å². The van der Waals surface area contributed by atoms with Gasteiger partial charge in [0.1, 0.15) is 0 Å². The molecule has 0 radical (unpaired) electrons. The molecule has 5 atom stereocenters. The van der Waals surface area contributed by atoms with Crippen molar-refractivity contribution in [1.82, 2.24) is 4.72 Å². The number of ether oxygens (including phenoxy) is 1. The van der Waals surface area contributed by atoms with Gasteiger partial charge in [0, 0.05) is 12.5 Å². The van der Waals surface area contributed by atoms with Crippen molar-refractivity contribution in [3.05, 3.63) is 12.2 Å². The second-order valence-electron chi connectivity index (χ2n) is 6.51. The van der Waals surface area contributed by atoms with Gasteiger partial charge < -0.3 is 4.74 Å². The predicted octanol–water partition coefficient (Wildman–Crippen LogP) is 2.90. The van der Waals surface area contributed by atoms with Crippen molar-refractivity contribution in [1.29, 1.82) is 0 Å². The molecule has 5 nitrogen and oxygen atoms in total. The van der Waals surface area contributed by atoms with Gasteiger partial charge in [-0.15, -0.1) is 0 Å². The number of nitrogens with one attached hydrogen (secondary N) is 1. The molecule has 5 unspecified atom stereocenters. The van der Waals surface area contributed by atoms with Crippen LogP contribution in [0.25, 0.3) is 0 Å². The summed E-state index contributed by atoms with van der Waals surface area (Å²) in [4.78, 5) is 11.1. The highest BCUT2D eigenvalue weighted by Gasteiger charge is 2.46.